The van der Waals surface area contributed by atoms with Crippen molar-refractivity contribution < 1.29 is 0 Å². The first-order valence-corrected chi connectivity index (χ1v) is 4.33. The van der Waals surface area contributed by atoms with Gasteiger partial charge in [0.15, 0.2) is 0 Å². The van der Waals surface area contributed by atoms with E-state index in [0.717, 1.165) is 6.67 Å². The van der Waals surface area contributed by atoms with Crippen molar-refractivity contribution in [1.29, 1.82) is 0 Å². The highest BCUT2D eigenvalue weighted by atomic mass is 32.2. The molecule has 53 valence electrons. The second kappa shape index (κ2) is 4.14. The summed E-state index contributed by atoms with van der Waals surface area (Å²) in [6, 6.07) is 0. The number of rotatable bonds is 3. The molecular formula is C6H13N2S. The maximum atomic E-state index is 4.12. The van der Waals surface area contributed by atoms with Crippen LogP contribution < -0.4 is 10.0 Å². The van der Waals surface area contributed by atoms with E-state index in [-0.39, 0.29) is 0 Å². The van der Waals surface area contributed by atoms with Crippen molar-refractivity contribution >= 4 is 11.9 Å². The summed E-state index contributed by atoms with van der Waals surface area (Å²) < 4.78 is 4.12. The molecule has 0 aromatic heterocycles. The van der Waals surface area contributed by atoms with Crippen molar-refractivity contribution in [2.45, 2.75) is 31.6 Å². The molecule has 0 amide bonds. The summed E-state index contributed by atoms with van der Waals surface area (Å²) in [6.45, 7) is 3.07. The van der Waals surface area contributed by atoms with E-state index in [4.69, 9.17) is 0 Å². The van der Waals surface area contributed by atoms with Gasteiger partial charge in [-0.15, -0.1) is 0 Å². The lowest BCUT2D eigenvalue weighted by Crippen LogP contribution is -2.19. The first-order chi connectivity index (χ1) is 4.43. The molecule has 0 aromatic rings. The van der Waals surface area contributed by atoms with Gasteiger partial charge in [-0.25, -0.2) is 0 Å². The molecule has 0 aromatic carbocycles. The van der Waals surface area contributed by atoms with Crippen LogP contribution in [-0.4, -0.2) is 12.0 Å². The molecule has 1 aliphatic rings. The van der Waals surface area contributed by atoms with Crippen molar-refractivity contribution in [3.8, 4) is 0 Å². The zero-order valence-corrected chi connectivity index (χ0v) is 6.58. The van der Waals surface area contributed by atoms with Crippen LogP contribution in [0.25, 0.3) is 0 Å². The summed E-state index contributed by atoms with van der Waals surface area (Å²) in [6.07, 6.45) is 3.88. The maximum Gasteiger partial charge on any atom is 0.0757 e. The van der Waals surface area contributed by atoms with E-state index in [2.05, 4.69) is 17.0 Å². The van der Waals surface area contributed by atoms with Crippen LogP contribution in [0.5, 0.6) is 0 Å². The number of hydrogen-bond acceptors (Lipinski definition) is 2. The van der Waals surface area contributed by atoms with E-state index >= 15 is 0 Å². The highest BCUT2D eigenvalue weighted by molar-refractivity contribution is 7.98. The lowest BCUT2D eigenvalue weighted by molar-refractivity contribution is 0.608. The van der Waals surface area contributed by atoms with E-state index in [1.807, 2.05) is 0 Å². The Kier molecular flexibility index (Phi) is 3.40. The van der Waals surface area contributed by atoms with Crippen molar-refractivity contribution in [2.24, 2.45) is 0 Å². The van der Waals surface area contributed by atoms with Crippen LogP contribution in [0.2, 0.25) is 0 Å². The largest absolute Gasteiger partial charge is 0.289 e. The molecule has 1 saturated heterocycles. The third-order valence-electron chi connectivity index (χ3n) is 1.41. The molecule has 1 aliphatic heterocycles. The van der Waals surface area contributed by atoms with E-state index in [9.17, 15) is 0 Å². The van der Waals surface area contributed by atoms with Crippen LogP contribution >= 0.6 is 11.9 Å². The highest BCUT2D eigenvalue weighted by Gasteiger charge is 2.13. The van der Waals surface area contributed by atoms with Gasteiger partial charge >= 0.3 is 0 Å². The number of hydrogen-bond donors (Lipinski definition) is 1. The summed E-state index contributed by atoms with van der Waals surface area (Å²) in [4.78, 5) is 0. The van der Waals surface area contributed by atoms with Crippen molar-refractivity contribution in [1.82, 2.24) is 10.0 Å². The molecule has 1 fully saturated rings. The molecule has 0 saturated carbocycles. The van der Waals surface area contributed by atoms with Crippen LogP contribution in [-0.2, 0) is 0 Å². The third kappa shape index (κ3) is 2.56. The van der Waals surface area contributed by atoms with Gasteiger partial charge in [0.05, 0.1) is 12.0 Å². The van der Waals surface area contributed by atoms with Crippen molar-refractivity contribution in [3.63, 3.8) is 0 Å². The fraction of sp³-hybridized carbons (Fsp3) is 1.00. The molecule has 3 heteroatoms. The Labute approximate surface area is 60.9 Å². The Balaban J connectivity index is 1.98. The molecule has 1 atom stereocenters. The topological polar surface area (TPSA) is 26.1 Å². The summed E-state index contributed by atoms with van der Waals surface area (Å²) in [5, 5.41) is 3.90. The van der Waals surface area contributed by atoms with Crippen molar-refractivity contribution in [3.05, 3.63) is 0 Å². The van der Waals surface area contributed by atoms with Gasteiger partial charge in [-0.1, -0.05) is 19.8 Å². The zero-order valence-electron chi connectivity index (χ0n) is 5.76. The van der Waals surface area contributed by atoms with E-state index in [1.54, 1.807) is 11.9 Å². The predicted octanol–water partition coefficient (Wildman–Crippen LogP) is 1.32. The monoisotopic (exact) mass is 145 g/mol. The lowest BCUT2D eigenvalue weighted by Gasteiger charge is -2.04. The Morgan fingerprint density at radius 2 is 2.67 bits per heavy atom. The number of unbranched alkanes of at least 4 members (excludes halogenated alkanes) is 1. The quantitative estimate of drug-likeness (QED) is 0.606. The minimum absolute atomic E-state index is 0.616. The smallest absolute Gasteiger partial charge is 0.0757 e. The summed E-state index contributed by atoms with van der Waals surface area (Å²) in [5.41, 5.74) is 0. The Morgan fingerprint density at radius 1 is 1.78 bits per heavy atom. The molecule has 1 heterocycles. The van der Waals surface area contributed by atoms with Gasteiger partial charge in [0, 0.05) is 0 Å². The molecule has 0 bridgehead atoms. The van der Waals surface area contributed by atoms with Gasteiger partial charge in [-0.2, -0.15) is 4.72 Å². The molecule has 0 aliphatic carbocycles. The molecule has 1 rings (SSSR count). The SMILES string of the molecule is CCCCC1NC[N]S1. The molecule has 0 spiro atoms. The Morgan fingerprint density at radius 3 is 3.22 bits per heavy atom. The fourth-order valence-electron chi connectivity index (χ4n) is 0.848. The molecule has 9 heavy (non-hydrogen) atoms. The molecule has 2 nitrogen and oxygen atoms in total. The van der Waals surface area contributed by atoms with Gasteiger partial charge in [0.25, 0.3) is 0 Å². The second-order valence-electron chi connectivity index (χ2n) is 2.23. The molecule has 1 radical (unpaired) electrons. The first kappa shape index (κ1) is 7.38. The average molecular weight is 145 g/mol. The predicted molar refractivity (Wildman–Crippen MR) is 41.0 cm³/mol. The minimum Gasteiger partial charge on any atom is -0.289 e. The van der Waals surface area contributed by atoms with Crippen LogP contribution in [0, 0.1) is 0 Å². The van der Waals surface area contributed by atoms with Gasteiger partial charge in [0.1, 0.15) is 0 Å². The normalized spacial score (nSPS) is 27.0. The van der Waals surface area contributed by atoms with Gasteiger partial charge < -0.3 is 0 Å². The second-order valence-corrected chi connectivity index (χ2v) is 3.27. The van der Waals surface area contributed by atoms with E-state index in [0.29, 0.717) is 5.37 Å². The summed E-state index contributed by atoms with van der Waals surface area (Å²) >= 11 is 1.70. The van der Waals surface area contributed by atoms with E-state index < -0.39 is 0 Å². The molecule has 1 N–H and O–H groups in total. The van der Waals surface area contributed by atoms with Gasteiger partial charge in [-0.05, 0) is 18.4 Å². The number of nitrogens with zero attached hydrogens (tertiary/aromatic N) is 1. The molecule has 1 unspecified atom stereocenters. The average Bonchev–Trinajstić information content (AvgIpc) is 2.34. The molecular weight excluding hydrogens is 132 g/mol. The number of nitrogens with one attached hydrogen (secondary N) is 1. The van der Waals surface area contributed by atoms with Crippen LogP contribution in [0.4, 0.5) is 0 Å². The summed E-state index contributed by atoms with van der Waals surface area (Å²) in [5.74, 6) is 0. The lowest BCUT2D eigenvalue weighted by atomic mass is 10.2. The van der Waals surface area contributed by atoms with Crippen LogP contribution in [0.3, 0.4) is 0 Å². The van der Waals surface area contributed by atoms with Gasteiger partial charge in [0.2, 0.25) is 0 Å². The Hall–Kier alpha value is 0.270. The van der Waals surface area contributed by atoms with Crippen LogP contribution in [0.15, 0.2) is 0 Å². The van der Waals surface area contributed by atoms with Gasteiger partial charge in [-0.3, -0.25) is 5.32 Å². The standard InChI is InChI=1S/C6H13N2S/c1-2-3-4-6-7-5-8-9-6/h6-7H,2-5H2,1H3. The third-order valence-corrected chi connectivity index (χ3v) is 2.34. The zero-order chi connectivity index (χ0) is 6.53. The minimum atomic E-state index is 0.616. The fourth-order valence-corrected chi connectivity index (χ4v) is 1.60. The van der Waals surface area contributed by atoms with Crippen LogP contribution in [0.1, 0.15) is 26.2 Å². The maximum absolute atomic E-state index is 4.12. The van der Waals surface area contributed by atoms with Crippen molar-refractivity contribution in [2.75, 3.05) is 6.67 Å². The highest BCUT2D eigenvalue weighted by Crippen LogP contribution is 2.15. The van der Waals surface area contributed by atoms with E-state index in [1.165, 1.54) is 19.3 Å². The first-order valence-electron chi connectivity index (χ1n) is 3.49. The Bertz CT molecular complexity index is 71.5. The summed E-state index contributed by atoms with van der Waals surface area (Å²) in [7, 11) is 0.